The minimum absolute atomic E-state index is 0.131. The zero-order valence-corrected chi connectivity index (χ0v) is 20.6. The van der Waals surface area contributed by atoms with Gasteiger partial charge in [0.15, 0.2) is 10.9 Å². The highest BCUT2D eigenvalue weighted by Crippen LogP contribution is 2.39. The van der Waals surface area contributed by atoms with Crippen molar-refractivity contribution in [2.24, 2.45) is 0 Å². The van der Waals surface area contributed by atoms with Crippen LogP contribution in [-0.4, -0.2) is 40.9 Å². The van der Waals surface area contributed by atoms with Gasteiger partial charge < -0.3 is 19.9 Å². The number of aromatic carboxylic acids is 1. The Morgan fingerprint density at radius 1 is 1.06 bits per heavy atom. The van der Waals surface area contributed by atoms with E-state index in [1.54, 1.807) is 42.5 Å². The summed E-state index contributed by atoms with van der Waals surface area (Å²) in [7, 11) is 1.54. The molecule has 1 saturated heterocycles. The first-order valence-corrected chi connectivity index (χ1v) is 11.9. The van der Waals surface area contributed by atoms with Crippen molar-refractivity contribution in [2.45, 2.75) is 0 Å². The number of thioether (sulfide) groups is 1. The molecule has 3 aromatic carbocycles. The van der Waals surface area contributed by atoms with Gasteiger partial charge in [0.2, 0.25) is 0 Å². The van der Waals surface area contributed by atoms with Gasteiger partial charge in [-0.25, -0.2) is 4.79 Å². The summed E-state index contributed by atoms with van der Waals surface area (Å²) in [5, 5.41) is 11.6. The molecule has 1 aliphatic heterocycles. The zero-order chi connectivity index (χ0) is 25.7. The van der Waals surface area contributed by atoms with Gasteiger partial charge in [0.05, 0.1) is 23.3 Å². The van der Waals surface area contributed by atoms with Crippen LogP contribution < -0.4 is 19.7 Å². The molecule has 0 bridgehead atoms. The second kappa shape index (κ2) is 11.1. The summed E-state index contributed by atoms with van der Waals surface area (Å²) in [5.74, 6) is -0.629. The summed E-state index contributed by atoms with van der Waals surface area (Å²) in [5.41, 5.74) is 1.96. The Morgan fingerprint density at radius 3 is 2.42 bits per heavy atom. The molecule has 1 fully saturated rings. The largest absolute Gasteiger partial charge is 0.495 e. The van der Waals surface area contributed by atoms with Gasteiger partial charge in [0.1, 0.15) is 11.5 Å². The molecular formula is C26H20N2O6S2. The lowest BCUT2D eigenvalue weighted by molar-refractivity contribution is -0.118. The maximum atomic E-state index is 13.0. The summed E-state index contributed by atoms with van der Waals surface area (Å²) in [6, 6.07) is 19.9. The first kappa shape index (κ1) is 25.0. The average molecular weight is 521 g/mol. The Bertz CT molecular complexity index is 1350. The lowest BCUT2D eigenvalue weighted by atomic mass is 10.2. The fourth-order valence-electron chi connectivity index (χ4n) is 3.34. The smallest absolute Gasteiger partial charge is 0.335 e. The van der Waals surface area contributed by atoms with E-state index < -0.39 is 5.97 Å². The molecule has 3 aromatic rings. The lowest BCUT2D eigenvalue weighted by Gasteiger charge is -2.17. The van der Waals surface area contributed by atoms with Crippen molar-refractivity contribution in [1.82, 2.24) is 0 Å². The van der Waals surface area contributed by atoms with Gasteiger partial charge >= 0.3 is 5.97 Å². The molecule has 1 aliphatic rings. The number of nitrogens with one attached hydrogen (secondary N) is 1. The molecule has 2 N–H and O–H groups in total. The number of carboxylic acid groups (broad SMARTS) is 1. The maximum absolute atomic E-state index is 13.0. The van der Waals surface area contributed by atoms with Gasteiger partial charge in [-0.15, -0.1) is 0 Å². The Hall–Kier alpha value is -4.15. The summed E-state index contributed by atoms with van der Waals surface area (Å²) in [6.07, 6.45) is 1.74. The maximum Gasteiger partial charge on any atom is 0.335 e. The van der Waals surface area contributed by atoms with Crippen molar-refractivity contribution in [2.75, 3.05) is 23.9 Å². The molecule has 8 nitrogen and oxygen atoms in total. The zero-order valence-electron chi connectivity index (χ0n) is 19.0. The molecule has 36 heavy (non-hydrogen) atoms. The third-order valence-electron chi connectivity index (χ3n) is 5.08. The predicted molar refractivity (Wildman–Crippen MR) is 143 cm³/mol. The van der Waals surface area contributed by atoms with E-state index in [0.717, 1.165) is 5.56 Å². The van der Waals surface area contributed by atoms with E-state index in [-0.39, 0.29) is 24.0 Å². The number of benzene rings is 3. The highest BCUT2D eigenvalue weighted by atomic mass is 32.2. The van der Waals surface area contributed by atoms with Crippen LogP contribution in [0.2, 0.25) is 0 Å². The van der Waals surface area contributed by atoms with Crippen molar-refractivity contribution in [3.63, 3.8) is 0 Å². The number of carboxylic acids is 1. The third kappa shape index (κ3) is 5.73. The Balaban J connectivity index is 1.36. The normalized spacial score (nSPS) is 14.1. The summed E-state index contributed by atoms with van der Waals surface area (Å²) in [4.78, 5) is 38.0. The summed E-state index contributed by atoms with van der Waals surface area (Å²) in [6.45, 7) is -0.225. The van der Waals surface area contributed by atoms with E-state index in [2.05, 4.69) is 5.32 Å². The number of anilines is 2. The van der Waals surface area contributed by atoms with E-state index in [4.69, 9.17) is 26.8 Å². The molecule has 1 heterocycles. The topological polar surface area (TPSA) is 105 Å². The fraction of sp³-hybridized carbons (Fsp3) is 0.0769. The van der Waals surface area contributed by atoms with Crippen LogP contribution in [0.3, 0.4) is 0 Å². The molecule has 4 rings (SSSR count). The van der Waals surface area contributed by atoms with E-state index >= 15 is 0 Å². The second-order valence-corrected chi connectivity index (χ2v) is 9.15. The van der Waals surface area contributed by atoms with E-state index in [0.29, 0.717) is 32.1 Å². The number of para-hydroxylation sites is 2. The van der Waals surface area contributed by atoms with Gasteiger partial charge in [-0.05, 0) is 60.2 Å². The second-order valence-electron chi connectivity index (χ2n) is 7.48. The molecular weight excluding hydrogens is 500 g/mol. The third-order valence-corrected chi connectivity index (χ3v) is 6.39. The molecule has 10 heteroatoms. The molecule has 0 aliphatic carbocycles. The molecule has 182 valence electrons. The molecule has 0 aromatic heterocycles. The number of carbonyl (C=O) groups is 3. The Labute approximate surface area is 216 Å². The highest BCUT2D eigenvalue weighted by molar-refractivity contribution is 8.27. The van der Waals surface area contributed by atoms with Crippen LogP contribution in [0.15, 0.2) is 77.7 Å². The number of nitrogens with zero attached hydrogens (tertiary/aromatic N) is 1. The van der Waals surface area contributed by atoms with Crippen LogP contribution in [0.25, 0.3) is 6.08 Å². The summed E-state index contributed by atoms with van der Waals surface area (Å²) < 4.78 is 11.3. The number of ether oxygens (including phenoxy) is 2. The van der Waals surface area contributed by atoms with Crippen molar-refractivity contribution in [3.8, 4) is 11.5 Å². The van der Waals surface area contributed by atoms with Crippen molar-refractivity contribution in [3.05, 3.63) is 88.8 Å². The SMILES string of the molecule is COc1ccccc1N1C(=O)/C(=C/c2ccc(OCC(=O)Nc3ccc(C(=O)O)cc3)cc2)SC1=S. The van der Waals surface area contributed by atoms with Crippen LogP contribution in [-0.2, 0) is 9.59 Å². The number of carbonyl (C=O) groups excluding carboxylic acids is 2. The van der Waals surface area contributed by atoms with Gasteiger partial charge in [-0.1, -0.05) is 48.2 Å². The standard InChI is InChI=1S/C26H20N2O6S2/c1-33-21-5-3-2-4-20(21)28-24(30)22(36-26(28)35)14-16-6-12-19(13-7-16)34-15-23(29)27-18-10-8-17(9-11-18)25(31)32/h2-14H,15H2,1H3,(H,27,29)(H,31,32)/b22-14-. The van der Waals surface area contributed by atoms with E-state index in [1.807, 2.05) is 12.1 Å². The number of rotatable bonds is 8. The average Bonchev–Trinajstić information content (AvgIpc) is 3.16. The Morgan fingerprint density at radius 2 is 1.75 bits per heavy atom. The number of amides is 2. The number of hydrogen-bond acceptors (Lipinski definition) is 7. The highest BCUT2D eigenvalue weighted by Gasteiger charge is 2.34. The van der Waals surface area contributed by atoms with Crippen LogP contribution in [0.1, 0.15) is 15.9 Å². The molecule has 0 atom stereocenters. The first-order chi connectivity index (χ1) is 17.4. The molecule has 0 spiro atoms. The first-order valence-electron chi connectivity index (χ1n) is 10.6. The number of thiocarbonyl (C=S) groups is 1. The van der Waals surface area contributed by atoms with Crippen molar-refractivity contribution in [1.29, 1.82) is 0 Å². The quantitative estimate of drug-likeness (QED) is 0.322. The predicted octanol–water partition coefficient (Wildman–Crippen LogP) is 4.82. The molecule has 2 amide bonds. The molecule has 0 saturated carbocycles. The van der Waals surface area contributed by atoms with Crippen LogP contribution >= 0.6 is 24.0 Å². The van der Waals surface area contributed by atoms with Crippen LogP contribution in [0.5, 0.6) is 11.5 Å². The fourth-order valence-corrected chi connectivity index (χ4v) is 4.63. The molecule has 0 radical (unpaired) electrons. The van der Waals surface area contributed by atoms with Crippen molar-refractivity contribution < 1.29 is 29.0 Å². The number of methoxy groups -OCH3 is 1. The van der Waals surface area contributed by atoms with Gasteiger partial charge in [-0.3, -0.25) is 14.5 Å². The minimum Gasteiger partial charge on any atom is -0.495 e. The van der Waals surface area contributed by atoms with E-state index in [1.165, 1.54) is 48.0 Å². The van der Waals surface area contributed by atoms with Gasteiger partial charge in [-0.2, -0.15) is 0 Å². The van der Waals surface area contributed by atoms with Crippen LogP contribution in [0, 0.1) is 0 Å². The lowest BCUT2D eigenvalue weighted by Crippen LogP contribution is -2.27. The molecule has 0 unspecified atom stereocenters. The van der Waals surface area contributed by atoms with Crippen LogP contribution in [0.4, 0.5) is 11.4 Å². The van der Waals surface area contributed by atoms with E-state index in [9.17, 15) is 14.4 Å². The monoisotopic (exact) mass is 520 g/mol. The van der Waals surface area contributed by atoms with Crippen molar-refractivity contribution >= 4 is 63.5 Å². The summed E-state index contributed by atoms with van der Waals surface area (Å²) >= 11 is 6.64. The van der Waals surface area contributed by atoms with Gasteiger partial charge in [0.25, 0.3) is 11.8 Å². The van der Waals surface area contributed by atoms with Gasteiger partial charge in [0, 0.05) is 5.69 Å². The Kier molecular flexibility index (Phi) is 7.67. The minimum atomic E-state index is -1.04. The number of hydrogen-bond donors (Lipinski definition) is 2.